The van der Waals surface area contributed by atoms with Crippen LogP contribution in [-0.4, -0.2) is 21.1 Å². The van der Waals surface area contributed by atoms with Crippen LogP contribution in [0.15, 0.2) is 30.6 Å². The molecule has 1 fully saturated rings. The zero-order valence-corrected chi connectivity index (χ0v) is 10.3. The number of aldehydes is 1. The van der Waals surface area contributed by atoms with Gasteiger partial charge >= 0.3 is 0 Å². The summed E-state index contributed by atoms with van der Waals surface area (Å²) >= 11 is 0. The monoisotopic (exact) mass is 241 g/mol. The molecule has 0 saturated heterocycles. The number of nitrogens with zero attached hydrogens (tertiary/aromatic N) is 3. The summed E-state index contributed by atoms with van der Waals surface area (Å²) in [6.07, 6.45) is 6.73. The minimum absolute atomic E-state index is 0.222. The van der Waals surface area contributed by atoms with E-state index >= 15 is 0 Å². The summed E-state index contributed by atoms with van der Waals surface area (Å²) in [5.74, 6) is 0.222. The highest BCUT2D eigenvalue weighted by molar-refractivity contribution is 5.57. The van der Waals surface area contributed by atoms with Gasteiger partial charge in [0.05, 0.1) is 17.9 Å². The smallest absolute Gasteiger partial charge is 0.123 e. The normalized spacial score (nSPS) is 22.5. The molecular formula is C14H15N3O. The average Bonchev–Trinajstić information content (AvgIpc) is 2.77. The third-order valence-corrected chi connectivity index (χ3v) is 3.50. The third kappa shape index (κ3) is 1.94. The Kier molecular flexibility index (Phi) is 2.70. The fourth-order valence-electron chi connectivity index (χ4n) is 2.33. The van der Waals surface area contributed by atoms with Gasteiger partial charge in [-0.15, -0.1) is 0 Å². The first-order chi connectivity index (χ1) is 8.76. The molecule has 0 unspecified atom stereocenters. The number of carbonyl (C=O) groups excluding carboxylic acids is 1. The van der Waals surface area contributed by atoms with Gasteiger partial charge in [0, 0.05) is 23.4 Å². The lowest BCUT2D eigenvalue weighted by Gasteiger charge is -2.31. The highest BCUT2D eigenvalue weighted by Crippen LogP contribution is 2.36. The number of hydrogen-bond acceptors (Lipinski definition) is 3. The van der Waals surface area contributed by atoms with E-state index in [2.05, 4.69) is 10.1 Å². The van der Waals surface area contributed by atoms with Gasteiger partial charge < -0.3 is 4.79 Å². The Balaban J connectivity index is 1.80. The first kappa shape index (κ1) is 11.1. The average molecular weight is 241 g/mol. The molecule has 0 aromatic carbocycles. The van der Waals surface area contributed by atoms with Gasteiger partial charge in [-0.25, -0.2) is 0 Å². The van der Waals surface area contributed by atoms with Crippen molar-refractivity contribution < 1.29 is 4.79 Å². The van der Waals surface area contributed by atoms with Crippen molar-refractivity contribution in [3.8, 4) is 11.3 Å². The van der Waals surface area contributed by atoms with Gasteiger partial charge in [0.15, 0.2) is 0 Å². The fraction of sp³-hybridized carbons (Fsp3) is 0.357. The number of aromatic nitrogens is 3. The molecule has 1 saturated carbocycles. The van der Waals surface area contributed by atoms with E-state index in [-0.39, 0.29) is 5.92 Å². The highest BCUT2D eigenvalue weighted by atomic mass is 16.1. The molecule has 0 amide bonds. The molecule has 4 heteroatoms. The van der Waals surface area contributed by atoms with Gasteiger partial charge in [0.25, 0.3) is 0 Å². The van der Waals surface area contributed by atoms with Crippen LogP contribution in [0.5, 0.6) is 0 Å². The van der Waals surface area contributed by atoms with E-state index in [4.69, 9.17) is 0 Å². The number of hydrogen-bond donors (Lipinski definition) is 0. The maximum absolute atomic E-state index is 10.6. The second-order valence-corrected chi connectivity index (χ2v) is 4.89. The Morgan fingerprint density at radius 2 is 2.22 bits per heavy atom. The summed E-state index contributed by atoms with van der Waals surface area (Å²) < 4.78 is 1.96. The Labute approximate surface area is 106 Å². The standard InChI is InChI=1S/C14H15N3O/c1-10-3-2-4-14(16-10)12-7-15-17(8-12)13-5-11(6-13)9-18/h2-4,7-9,11,13H,5-6H2,1H3. The van der Waals surface area contributed by atoms with E-state index in [0.717, 1.165) is 36.1 Å². The molecule has 18 heavy (non-hydrogen) atoms. The quantitative estimate of drug-likeness (QED) is 0.775. The Morgan fingerprint density at radius 3 is 2.94 bits per heavy atom. The van der Waals surface area contributed by atoms with Crippen molar-refractivity contribution in [1.29, 1.82) is 0 Å². The summed E-state index contributed by atoms with van der Waals surface area (Å²) in [7, 11) is 0. The molecule has 92 valence electrons. The topological polar surface area (TPSA) is 47.8 Å². The van der Waals surface area contributed by atoms with Crippen molar-refractivity contribution in [3.63, 3.8) is 0 Å². The minimum Gasteiger partial charge on any atom is -0.303 e. The zero-order chi connectivity index (χ0) is 12.5. The van der Waals surface area contributed by atoms with Crippen molar-refractivity contribution in [2.75, 3.05) is 0 Å². The lowest BCUT2D eigenvalue weighted by atomic mass is 9.81. The summed E-state index contributed by atoms with van der Waals surface area (Å²) in [6.45, 7) is 1.98. The molecule has 3 rings (SSSR count). The maximum atomic E-state index is 10.6. The molecule has 0 bridgehead atoms. The van der Waals surface area contributed by atoms with E-state index in [1.54, 1.807) is 0 Å². The van der Waals surface area contributed by atoms with Gasteiger partial charge in [-0.1, -0.05) is 6.07 Å². The fourth-order valence-corrected chi connectivity index (χ4v) is 2.33. The third-order valence-electron chi connectivity index (χ3n) is 3.50. The molecular weight excluding hydrogens is 226 g/mol. The largest absolute Gasteiger partial charge is 0.303 e. The summed E-state index contributed by atoms with van der Waals surface area (Å²) in [6, 6.07) is 6.34. The van der Waals surface area contributed by atoms with Crippen LogP contribution >= 0.6 is 0 Å². The molecule has 0 N–H and O–H groups in total. The minimum atomic E-state index is 0.222. The zero-order valence-electron chi connectivity index (χ0n) is 10.3. The first-order valence-electron chi connectivity index (χ1n) is 6.20. The molecule has 1 aliphatic rings. The summed E-state index contributed by atoms with van der Waals surface area (Å²) in [4.78, 5) is 15.1. The van der Waals surface area contributed by atoms with Crippen LogP contribution in [-0.2, 0) is 4.79 Å². The second kappa shape index (κ2) is 4.37. The lowest BCUT2D eigenvalue weighted by Crippen LogP contribution is -2.27. The lowest BCUT2D eigenvalue weighted by molar-refractivity contribution is -0.114. The molecule has 0 spiro atoms. The summed E-state index contributed by atoms with van der Waals surface area (Å²) in [5, 5.41) is 4.37. The van der Waals surface area contributed by atoms with Crippen LogP contribution in [0.2, 0.25) is 0 Å². The van der Waals surface area contributed by atoms with Gasteiger partial charge in [-0.3, -0.25) is 9.67 Å². The van der Waals surface area contributed by atoms with Crippen molar-refractivity contribution in [2.45, 2.75) is 25.8 Å². The second-order valence-electron chi connectivity index (χ2n) is 4.89. The predicted molar refractivity (Wildman–Crippen MR) is 68.0 cm³/mol. The van der Waals surface area contributed by atoms with Crippen LogP contribution in [0.3, 0.4) is 0 Å². The Bertz CT molecular complexity index is 570. The molecule has 1 aliphatic carbocycles. The van der Waals surface area contributed by atoms with Gasteiger partial charge in [-0.05, 0) is 31.9 Å². The number of aryl methyl sites for hydroxylation is 1. The molecule has 2 heterocycles. The molecule has 2 aromatic heterocycles. The van der Waals surface area contributed by atoms with E-state index in [1.165, 1.54) is 0 Å². The Hall–Kier alpha value is -1.97. The van der Waals surface area contributed by atoms with Gasteiger partial charge in [-0.2, -0.15) is 5.10 Å². The number of rotatable bonds is 3. The molecule has 0 atom stereocenters. The van der Waals surface area contributed by atoms with Crippen LogP contribution in [0.4, 0.5) is 0 Å². The van der Waals surface area contributed by atoms with Crippen molar-refractivity contribution >= 4 is 6.29 Å². The van der Waals surface area contributed by atoms with Crippen molar-refractivity contribution in [1.82, 2.24) is 14.8 Å². The van der Waals surface area contributed by atoms with Crippen molar-refractivity contribution in [3.05, 3.63) is 36.3 Å². The molecule has 2 aromatic rings. The summed E-state index contributed by atoms with van der Waals surface area (Å²) in [5.41, 5.74) is 2.99. The molecule has 4 nitrogen and oxygen atoms in total. The van der Waals surface area contributed by atoms with E-state index in [0.29, 0.717) is 6.04 Å². The van der Waals surface area contributed by atoms with Gasteiger partial charge in [0.1, 0.15) is 6.29 Å². The highest BCUT2D eigenvalue weighted by Gasteiger charge is 2.30. The number of carbonyl (C=O) groups is 1. The van der Waals surface area contributed by atoms with Crippen LogP contribution < -0.4 is 0 Å². The van der Waals surface area contributed by atoms with E-state index in [9.17, 15) is 4.79 Å². The van der Waals surface area contributed by atoms with Crippen LogP contribution in [0.25, 0.3) is 11.3 Å². The van der Waals surface area contributed by atoms with E-state index < -0.39 is 0 Å². The van der Waals surface area contributed by atoms with Crippen LogP contribution in [0.1, 0.15) is 24.6 Å². The predicted octanol–water partition coefficient (Wildman–Crippen LogP) is 2.40. The van der Waals surface area contributed by atoms with Crippen LogP contribution in [0, 0.1) is 12.8 Å². The Morgan fingerprint density at radius 1 is 1.39 bits per heavy atom. The van der Waals surface area contributed by atoms with Gasteiger partial charge in [0.2, 0.25) is 0 Å². The molecule has 0 aliphatic heterocycles. The number of pyridine rings is 1. The van der Waals surface area contributed by atoms with Crippen molar-refractivity contribution in [2.24, 2.45) is 5.92 Å². The molecule has 0 radical (unpaired) electrons. The maximum Gasteiger partial charge on any atom is 0.123 e. The van der Waals surface area contributed by atoms with E-state index in [1.807, 2.05) is 42.2 Å². The SMILES string of the molecule is Cc1cccc(-c2cnn(C3CC(C=O)C3)c2)n1. The first-order valence-corrected chi connectivity index (χ1v) is 6.20.